The lowest BCUT2D eigenvalue weighted by atomic mass is 9.94. The van der Waals surface area contributed by atoms with Crippen molar-refractivity contribution in [1.82, 2.24) is 4.98 Å². The number of halogens is 2. The minimum absolute atomic E-state index is 0.0583. The highest BCUT2D eigenvalue weighted by Gasteiger charge is 2.30. The van der Waals surface area contributed by atoms with E-state index in [-0.39, 0.29) is 34.7 Å². The molecular weight excluding hydrogens is 293 g/mol. The average Bonchev–Trinajstić information content (AvgIpc) is 2.80. The fourth-order valence-corrected chi connectivity index (χ4v) is 2.81. The second-order valence-corrected chi connectivity index (χ2v) is 5.18. The molecule has 1 aromatic heterocycles. The Morgan fingerprint density at radius 2 is 2.24 bits per heavy atom. The number of rotatable bonds is 1. The normalized spacial score (nSPS) is 16.6. The van der Waals surface area contributed by atoms with Crippen LogP contribution in [0.4, 0.5) is 10.2 Å². The van der Waals surface area contributed by atoms with Gasteiger partial charge in [-0.25, -0.2) is 9.37 Å². The predicted octanol–water partition coefficient (Wildman–Crippen LogP) is 3.59. The van der Waals surface area contributed by atoms with Gasteiger partial charge in [-0.3, -0.25) is 0 Å². The van der Waals surface area contributed by atoms with E-state index in [2.05, 4.69) is 4.98 Å². The third kappa shape index (κ3) is 2.04. The summed E-state index contributed by atoms with van der Waals surface area (Å²) < 4.78 is 19.8. The molecule has 106 valence electrons. The fraction of sp³-hybridized carbons (Fsp3) is 0.200. The van der Waals surface area contributed by atoms with Gasteiger partial charge in [0, 0.05) is 16.7 Å². The molecule has 2 aromatic rings. The lowest BCUT2D eigenvalue weighted by molar-refractivity contribution is 0.0780. The molecule has 2 heterocycles. The summed E-state index contributed by atoms with van der Waals surface area (Å²) in [6, 6.07) is 6.37. The van der Waals surface area contributed by atoms with E-state index in [0.717, 1.165) is 0 Å². The molecule has 6 heteroatoms. The topological polar surface area (TPSA) is 71.9 Å². The third-order valence-electron chi connectivity index (χ3n) is 3.55. The zero-order valence-electron chi connectivity index (χ0n) is 11.2. The van der Waals surface area contributed by atoms with Gasteiger partial charge in [0.25, 0.3) is 0 Å². The molecule has 4 nitrogen and oxygen atoms in total. The van der Waals surface area contributed by atoms with Crippen LogP contribution in [0.1, 0.15) is 29.8 Å². The molecule has 2 N–H and O–H groups in total. The molecule has 0 bridgehead atoms. The maximum absolute atomic E-state index is 14.3. The van der Waals surface area contributed by atoms with Crippen LogP contribution in [0.3, 0.4) is 0 Å². The first-order valence-electron chi connectivity index (χ1n) is 6.33. The number of nitrogens with zero attached hydrogens (tertiary/aromatic N) is 2. The third-order valence-corrected chi connectivity index (χ3v) is 3.86. The first-order valence-corrected chi connectivity index (χ1v) is 6.70. The first-order chi connectivity index (χ1) is 10.0. The largest absolute Gasteiger partial charge is 0.383 e. The molecule has 0 fully saturated rings. The van der Waals surface area contributed by atoms with Crippen molar-refractivity contribution in [2.75, 3.05) is 5.73 Å². The van der Waals surface area contributed by atoms with Gasteiger partial charge in [-0.1, -0.05) is 17.7 Å². The van der Waals surface area contributed by atoms with Crippen LogP contribution in [0.25, 0.3) is 11.1 Å². The second kappa shape index (κ2) is 4.99. The van der Waals surface area contributed by atoms with Gasteiger partial charge in [0.2, 0.25) is 0 Å². The number of anilines is 1. The number of nitrogen functional groups attached to an aromatic ring is 1. The van der Waals surface area contributed by atoms with Gasteiger partial charge in [-0.05, 0) is 19.1 Å². The van der Waals surface area contributed by atoms with Crippen LogP contribution in [0.15, 0.2) is 18.2 Å². The molecular formula is C15H11ClFN3O. The van der Waals surface area contributed by atoms with Crippen LogP contribution < -0.4 is 5.73 Å². The minimum Gasteiger partial charge on any atom is -0.383 e. The van der Waals surface area contributed by atoms with Crippen molar-refractivity contribution in [3.05, 3.63) is 45.9 Å². The standard InChI is InChI=1S/C15H11ClFN3O/c1-7-14-9(6-21-7)12(8(5-18)15(19)20-14)13-10(16)3-2-4-11(13)17/h2-4,7H,6H2,1H3,(H2,19,20)/t7-/m0/s1. The number of nitriles is 1. The second-order valence-electron chi connectivity index (χ2n) is 4.77. The Morgan fingerprint density at radius 1 is 1.48 bits per heavy atom. The molecule has 1 aliphatic rings. The highest BCUT2D eigenvalue weighted by atomic mass is 35.5. The molecule has 1 atom stereocenters. The molecule has 1 aromatic carbocycles. The predicted molar refractivity (Wildman–Crippen MR) is 77.0 cm³/mol. The quantitative estimate of drug-likeness (QED) is 0.874. The highest BCUT2D eigenvalue weighted by Crippen LogP contribution is 2.42. The van der Waals surface area contributed by atoms with Crippen LogP contribution in [-0.2, 0) is 11.3 Å². The summed E-state index contributed by atoms with van der Waals surface area (Å²) in [6.07, 6.45) is -0.251. The minimum atomic E-state index is -0.508. The molecule has 0 spiro atoms. The zero-order chi connectivity index (χ0) is 15.1. The van der Waals surface area contributed by atoms with E-state index < -0.39 is 5.82 Å². The van der Waals surface area contributed by atoms with E-state index in [1.54, 1.807) is 6.07 Å². The Kier molecular flexibility index (Phi) is 3.28. The molecule has 0 radical (unpaired) electrons. The summed E-state index contributed by atoms with van der Waals surface area (Å²) in [5.74, 6) is -0.450. The molecule has 0 amide bonds. The van der Waals surface area contributed by atoms with Gasteiger partial charge in [-0.2, -0.15) is 5.26 Å². The van der Waals surface area contributed by atoms with Crippen molar-refractivity contribution in [1.29, 1.82) is 5.26 Å². The van der Waals surface area contributed by atoms with E-state index in [1.807, 2.05) is 13.0 Å². The summed E-state index contributed by atoms with van der Waals surface area (Å²) in [5, 5.41) is 9.58. The Bertz CT molecular complexity index is 765. The van der Waals surface area contributed by atoms with Gasteiger partial charge in [-0.15, -0.1) is 0 Å². The van der Waals surface area contributed by atoms with E-state index >= 15 is 0 Å². The van der Waals surface area contributed by atoms with Crippen molar-refractivity contribution in [3.63, 3.8) is 0 Å². The smallest absolute Gasteiger partial charge is 0.142 e. The Labute approximate surface area is 125 Å². The van der Waals surface area contributed by atoms with E-state index in [0.29, 0.717) is 16.8 Å². The molecule has 0 saturated heterocycles. The lowest BCUT2D eigenvalue weighted by Gasteiger charge is -2.14. The Balaban J connectivity index is 2.43. The van der Waals surface area contributed by atoms with Gasteiger partial charge in [0.15, 0.2) is 0 Å². The Hall–Kier alpha value is -2.16. The molecule has 0 unspecified atom stereocenters. The molecule has 0 aliphatic carbocycles. The van der Waals surface area contributed by atoms with E-state index in [9.17, 15) is 9.65 Å². The number of ether oxygens (including phenoxy) is 1. The molecule has 3 rings (SSSR count). The van der Waals surface area contributed by atoms with Crippen LogP contribution in [0, 0.1) is 17.1 Å². The summed E-state index contributed by atoms with van der Waals surface area (Å²) >= 11 is 6.13. The summed E-state index contributed by atoms with van der Waals surface area (Å²) in [7, 11) is 0. The number of hydrogen-bond donors (Lipinski definition) is 1. The molecule has 21 heavy (non-hydrogen) atoms. The number of aromatic nitrogens is 1. The van der Waals surface area contributed by atoms with Crippen molar-refractivity contribution in [3.8, 4) is 17.2 Å². The number of nitrogens with two attached hydrogens (primary N) is 1. The van der Waals surface area contributed by atoms with Gasteiger partial charge in [0.1, 0.15) is 23.3 Å². The number of fused-ring (bicyclic) bond motifs is 1. The van der Waals surface area contributed by atoms with Crippen molar-refractivity contribution >= 4 is 17.4 Å². The summed E-state index contributed by atoms with van der Waals surface area (Å²) in [4.78, 5) is 4.22. The number of benzene rings is 1. The van der Waals surface area contributed by atoms with E-state index in [1.165, 1.54) is 12.1 Å². The van der Waals surface area contributed by atoms with Gasteiger partial charge in [0.05, 0.1) is 23.4 Å². The Morgan fingerprint density at radius 3 is 2.90 bits per heavy atom. The van der Waals surface area contributed by atoms with Gasteiger partial charge >= 0.3 is 0 Å². The molecule has 0 saturated carbocycles. The summed E-state index contributed by atoms with van der Waals surface area (Å²) in [6.45, 7) is 2.08. The van der Waals surface area contributed by atoms with E-state index in [4.69, 9.17) is 22.1 Å². The van der Waals surface area contributed by atoms with Crippen LogP contribution in [-0.4, -0.2) is 4.98 Å². The van der Waals surface area contributed by atoms with Crippen LogP contribution >= 0.6 is 11.6 Å². The maximum Gasteiger partial charge on any atom is 0.142 e. The first kappa shape index (κ1) is 13.8. The van der Waals surface area contributed by atoms with Crippen LogP contribution in [0.5, 0.6) is 0 Å². The number of hydrogen-bond acceptors (Lipinski definition) is 4. The zero-order valence-corrected chi connectivity index (χ0v) is 11.9. The summed E-state index contributed by atoms with van der Waals surface area (Å²) in [5.41, 5.74) is 7.81. The maximum atomic E-state index is 14.3. The SMILES string of the molecule is C[C@@H]1OCc2c1nc(N)c(C#N)c2-c1c(F)cccc1Cl. The van der Waals surface area contributed by atoms with Crippen molar-refractivity contribution < 1.29 is 9.13 Å². The number of pyridine rings is 1. The van der Waals surface area contributed by atoms with Crippen molar-refractivity contribution in [2.45, 2.75) is 19.6 Å². The highest BCUT2D eigenvalue weighted by molar-refractivity contribution is 6.33. The van der Waals surface area contributed by atoms with Crippen molar-refractivity contribution in [2.24, 2.45) is 0 Å². The molecule has 1 aliphatic heterocycles. The van der Waals surface area contributed by atoms with Gasteiger partial charge < -0.3 is 10.5 Å². The monoisotopic (exact) mass is 303 g/mol. The lowest BCUT2D eigenvalue weighted by Crippen LogP contribution is -2.05. The average molecular weight is 304 g/mol. The van der Waals surface area contributed by atoms with Crippen LogP contribution in [0.2, 0.25) is 5.02 Å². The fourth-order valence-electron chi connectivity index (χ4n) is 2.56.